The fraction of sp³-hybridized carbons (Fsp3) is 0.524. The van der Waals surface area contributed by atoms with E-state index in [2.05, 4.69) is 4.90 Å². The molecule has 2 aromatic rings. The summed E-state index contributed by atoms with van der Waals surface area (Å²) in [5.41, 5.74) is 1.41. The topological polar surface area (TPSA) is 78.2 Å². The second-order valence-corrected chi connectivity index (χ2v) is 6.88. The van der Waals surface area contributed by atoms with E-state index in [1.807, 2.05) is 19.1 Å². The van der Waals surface area contributed by atoms with Gasteiger partial charge in [-0.05, 0) is 37.5 Å². The molecule has 28 heavy (non-hydrogen) atoms. The van der Waals surface area contributed by atoms with Crippen molar-refractivity contribution in [2.75, 3.05) is 46.6 Å². The number of carbonyl (C=O) groups excluding carboxylic acids is 1. The second kappa shape index (κ2) is 9.71. The Morgan fingerprint density at radius 2 is 2.04 bits per heavy atom. The molecular formula is C21H27NO6. The van der Waals surface area contributed by atoms with Gasteiger partial charge >= 0.3 is 11.6 Å². The third-order valence-electron chi connectivity index (χ3n) is 5.06. The third kappa shape index (κ3) is 5.11. The summed E-state index contributed by atoms with van der Waals surface area (Å²) in [4.78, 5) is 26.7. The van der Waals surface area contributed by atoms with Crippen molar-refractivity contribution in [2.45, 2.75) is 26.2 Å². The first-order valence-electron chi connectivity index (χ1n) is 9.64. The molecule has 0 radical (unpaired) electrons. The zero-order valence-electron chi connectivity index (χ0n) is 16.5. The number of hydrogen-bond acceptors (Lipinski definition) is 7. The van der Waals surface area contributed by atoms with Gasteiger partial charge in [0.25, 0.3) is 0 Å². The van der Waals surface area contributed by atoms with Crippen molar-refractivity contribution in [3.63, 3.8) is 0 Å². The van der Waals surface area contributed by atoms with Crippen LogP contribution in [0.15, 0.2) is 27.4 Å². The number of nitrogens with zero attached hydrogens (tertiary/aromatic N) is 1. The van der Waals surface area contributed by atoms with Crippen molar-refractivity contribution in [1.29, 1.82) is 0 Å². The van der Waals surface area contributed by atoms with E-state index in [1.165, 1.54) is 0 Å². The van der Waals surface area contributed by atoms with E-state index in [0.29, 0.717) is 29.9 Å². The molecule has 1 fully saturated rings. The predicted octanol–water partition coefficient (Wildman–Crippen LogP) is 2.31. The Kier molecular flexibility index (Phi) is 7.06. The maximum Gasteiger partial charge on any atom is 0.339 e. The summed E-state index contributed by atoms with van der Waals surface area (Å²) < 4.78 is 21.2. The first-order chi connectivity index (χ1) is 13.6. The minimum Gasteiger partial charge on any atom is -0.497 e. The van der Waals surface area contributed by atoms with Gasteiger partial charge in [0.1, 0.15) is 11.3 Å². The van der Waals surface area contributed by atoms with Crippen LogP contribution in [0.3, 0.4) is 0 Å². The van der Waals surface area contributed by atoms with Crippen LogP contribution in [0.4, 0.5) is 0 Å². The van der Waals surface area contributed by atoms with E-state index in [0.717, 1.165) is 50.2 Å². The van der Waals surface area contributed by atoms with Crippen LogP contribution >= 0.6 is 0 Å². The smallest absolute Gasteiger partial charge is 0.339 e. The SMILES string of the molecule is COc1ccc2c(C)c(CCC(=O)OCCCN3CCOCC3)c(=O)oc2c1. The molecule has 0 amide bonds. The maximum absolute atomic E-state index is 12.3. The molecule has 0 saturated carbocycles. The molecule has 1 aliphatic heterocycles. The Morgan fingerprint density at radius 1 is 1.25 bits per heavy atom. The normalized spacial score (nSPS) is 14.9. The number of hydrogen-bond donors (Lipinski definition) is 0. The quantitative estimate of drug-likeness (QED) is 0.389. The Bertz CT molecular complexity index is 869. The Labute approximate surface area is 164 Å². The average Bonchev–Trinajstić information content (AvgIpc) is 2.71. The second-order valence-electron chi connectivity index (χ2n) is 6.88. The van der Waals surface area contributed by atoms with Gasteiger partial charge in [0.15, 0.2) is 0 Å². The molecule has 0 spiro atoms. The van der Waals surface area contributed by atoms with Crippen molar-refractivity contribution >= 4 is 16.9 Å². The largest absolute Gasteiger partial charge is 0.497 e. The predicted molar refractivity (Wildman–Crippen MR) is 105 cm³/mol. The summed E-state index contributed by atoms with van der Waals surface area (Å²) in [5.74, 6) is 0.332. The summed E-state index contributed by atoms with van der Waals surface area (Å²) in [6, 6.07) is 5.37. The van der Waals surface area contributed by atoms with Gasteiger partial charge in [0.2, 0.25) is 0 Å². The number of rotatable bonds is 8. The van der Waals surface area contributed by atoms with Crippen LogP contribution in [0.1, 0.15) is 24.0 Å². The van der Waals surface area contributed by atoms with Gasteiger partial charge in [0, 0.05) is 43.1 Å². The molecule has 0 N–H and O–H groups in total. The van der Waals surface area contributed by atoms with Gasteiger partial charge in [-0.25, -0.2) is 4.79 Å². The minimum atomic E-state index is -0.418. The number of morpholine rings is 1. The average molecular weight is 389 g/mol. The molecule has 1 aromatic heterocycles. The van der Waals surface area contributed by atoms with E-state index in [4.69, 9.17) is 18.6 Å². The number of aryl methyl sites for hydroxylation is 1. The molecule has 152 valence electrons. The van der Waals surface area contributed by atoms with Crippen LogP contribution in [-0.4, -0.2) is 57.4 Å². The molecule has 0 atom stereocenters. The van der Waals surface area contributed by atoms with E-state index in [9.17, 15) is 9.59 Å². The lowest BCUT2D eigenvalue weighted by molar-refractivity contribution is -0.143. The molecule has 7 heteroatoms. The number of benzene rings is 1. The number of carbonyl (C=O) groups is 1. The fourth-order valence-corrected chi connectivity index (χ4v) is 3.39. The molecule has 0 unspecified atom stereocenters. The van der Waals surface area contributed by atoms with Crippen LogP contribution in [0, 0.1) is 6.92 Å². The monoisotopic (exact) mass is 389 g/mol. The minimum absolute atomic E-state index is 0.158. The molecular weight excluding hydrogens is 362 g/mol. The van der Waals surface area contributed by atoms with E-state index in [1.54, 1.807) is 13.2 Å². The number of methoxy groups -OCH3 is 1. The van der Waals surface area contributed by atoms with Crippen LogP contribution in [-0.2, 0) is 20.7 Å². The van der Waals surface area contributed by atoms with Crippen LogP contribution in [0.5, 0.6) is 5.75 Å². The summed E-state index contributed by atoms with van der Waals surface area (Å²) in [5, 5.41) is 0.842. The first-order valence-corrected chi connectivity index (χ1v) is 9.64. The molecule has 0 aliphatic carbocycles. The van der Waals surface area contributed by atoms with Gasteiger partial charge in [0.05, 0.1) is 26.9 Å². The highest BCUT2D eigenvalue weighted by Crippen LogP contribution is 2.24. The van der Waals surface area contributed by atoms with Crippen molar-refractivity contribution in [3.8, 4) is 5.75 Å². The highest BCUT2D eigenvalue weighted by Gasteiger charge is 2.15. The molecule has 0 bridgehead atoms. The lowest BCUT2D eigenvalue weighted by atomic mass is 10.0. The summed E-state index contributed by atoms with van der Waals surface area (Å²) in [6.45, 7) is 6.54. The highest BCUT2D eigenvalue weighted by molar-refractivity contribution is 5.82. The lowest BCUT2D eigenvalue weighted by Gasteiger charge is -2.26. The van der Waals surface area contributed by atoms with Crippen molar-refractivity contribution in [2.24, 2.45) is 0 Å². The Hall–Kier alpha value is -2.38. The Morgan fingerprint density at radius 3 is 2.79 bits per heavy atom. The summed E-state index contributed by atoms with van der Waals surface area (Å²) in [7, 11) is 1.56. The first kappa shape index (κ1) is 20.4. The van der Waals surface area contributed by atoms with E-state index < -0.39 is 5.63 Å². The van der Waals surface area contributed by atoms with Gasteiger partial charge in [-0.1, -0.05) is 0 Å². The van der Waals surface area contributed by atoms with E-state index in [-0.39, 0.29) is 12.4 Å². The van der Waals surface area contributed by atoms with Crippen LogP contribution in [0.2, 0.25) is 0 Å². The van der Waals surface area contributed by atoms with Gasteiger partial charge in [-0.3, -0.25) is 9.69 Å². The van der Waals surface area contributed by atoms with Crippen molar-refractivity contribution in [1.82, 2.24) is 4.90 Å². The highest BCUT2D eigenvalue weighted by atomic mass is 16.5. The Balaban J connectivity index is 1.51. The number of ether oxygens (including phenoxy) is 3. The fourth-order valence-electron chi connectivity index (χ4n) is 3.39. The van der Waals surface area contributed by atoms with Crippen molar-refractivity contribution < 1.29 is 23.4 Å². The summed E-state index contributed by atoms with van der Waals surface area (Å²) in [6.07, 6.45) is 1.26. The van der Waals surface area contributed by atoms with Crippen LogP contribution < -0.4 is 10.4 Å². The molecule has 1 aliphatic rings. The zero-order valence-corrected chi connectivity index (χ0v) is 16.5. The van der Waals surface area contributed by atoms with Gasteiger partial charge < -0.3 is 18.6 Å². The van der Waals surface area contributed by atoms with E-state index >= 15 is 0 Å². The molecule has 1 aromatic carbocycles. The summed E-state index contributed by atoms with van der Waals surface area (Å²) >= 11 is 0. The molecule has 3 rings (SSSR count). The van der Waals surface area contributed by atoms with Crippen molar-refractivity contribution in [3.05, 3.63) is 39.7 Å². The number of fused-ring (bicyclic) bond motifs is 1. The van der Waals surface area contributed by atoms with Gasteiger partial charge in [-0.15, -0.1) is 0 Å². The standard InChI is InChI=1S/C21H27NO6/c1-15-17-5-4-16(25-2)14-19(17)28-21(24)18(15)6-7-20(23)27-11-3-8-22-9-12-26-13-10-22/h4-5,14H,3,6-13H2,1-2H3. The molecule has 2 heterocycles. The van der Waals surface area contributed by atoms with Crippen LogP contribution in [0.25, 0.3) is 11.0 Å². The number of esters is 1. The molecule has 1 saturated heterocycles. The maximum atomic E-state index is 12.3. The lowest BCUT2D eigenvalue weighted by Crippen LogP contribution is -2.37. The van der Waals surface area contributed by atoms with Gasteiger partial charge in [-0.2, -0.15) is 0 Å². The third-order valence-corrected chi connectivity index (χ3v) is 5.06. The zero-order chi connectivity index (χ0) is 19.9. The molecule has 7 nitrogen and oxygen atoms in total.